The van der Waals surface area contributed by atoms with Crippen molar-refractivity contribution in [2.24, 2.45) is 0 Å². The summed E-state index contributed by atoms with van der Waals surface area (Å²) in [5, 5.41) is 2.50. The van der Waals surface area contributed by atoms with Gasteiger partial charge in [0.25, 0.3) is 0 Å². The number of carbonyl (C=O) groups excluding carboxylic acids is 3. The van der Waals surface area contributed by atoms with E-state index in [2.05, 4.69) is 5.32 Å². The highest BCUT2D eigenvalue weighted by Gasteiger charge is 2.25. The second-order valence-corrected chi connectivity index (χ2v) is 6.83. The number of nitrogen functional groups attached to an aromatic ring is 1. The molecule has 2 rings (SSSR count). The van der Waals surface area contributed by atoms with Crippen molar-refractivity contribution >= 4 is 23.5 Å². The summed E-state index contributed by atoms with van der Waals surface area (Å²) in [4.78, 5) is 36.8. The summed E-state index contributed by atoms with van der Waals surface area (Å²) in [6.45, 7) is 3.49. The monoisotopic (exact) mass is 398 g/mol. The first-order chi connectivity index (χ1) is 13.8. The standard InChI is InChI=1S/C22H26N2O5/c1-15(2)29-21(26)19(12-13-20(25)17-8-10-18(23)11-9-17)24-22(27)28-14-16-6-4-3-5-7-16/h3-11,15,19H,12-14,23H2,1-2H3,(H,24,27). The van der Waals surface area contributed by atoms with Crippen molar-refractivity contribution in [3.63, 3.8) is 0 Å². The fraction of sp³-hybridized carbons (Fsp3) is 0.318. The second-order valence-electron chi connectivity index (χ2n) is 6.83. The van der Waals surface area contributed by atoms with E-state index in [1.54, 1.807) is 38.1 Å². The number of ether oxygens (including phenoxy) is 2. The molecule has 0 saturated heterocycles. The van der Waals surface area contributed by atoms with E-state index in [4.69, 9.17) is 15.2 Å². The van der Waals surface area contributed by atoms with Crippen LogP contribution in [-0.4, -0.2) is 30.0 Å². The van der Waals surface area contributed by atoms with E-state index in [9.17, 15) is 14.4 Å². The van der Waals surface area contributed by atoms with Gasteiger partial charge in [0.15, 0.2) is 5.78 Å². The maximum atomic E-state index is 12.4. The zero-order chi connectivity index (χ0) is 21.2. The molecule has 0 bridgehead atoms. The Morgan fingerprint density at radius 1 is 1.00 bits per heavy atom. The number of nitrogens with two attached hydrogens (primary N) is 1. The molecule has 154 valence electrons. The maximum absolute atomic E-state index is 12.4. The molecule has 3 N–H and O–H groups in total. The molecule has 1 unspecified atom stereocenters. The molecule has 0 aromatic heterocycles. The molecule has 0 fully saturated rings. The van der Waals surface area contributed by atoms with Crippen LogP contribution in [0.5, 0.6) is 0 Å². The van der Waals surface area contributed by atoms with Gasteiger partial charge in [-0.3, -0.25) is 4.79 Å². The Morgan fingerprint density at radius 2 is 1.66 bits per heavy atom. The molecule has 0 radical (unpaired) electrons. The summed E-state index contributed by atoms with van der Waals surface area (Å²) >= 11 is 0. The fourth-order valence-corrected chi connectivity index (χ4v) is 2.56. The topological polar surface area (TPSA) is 108 Å². The highest BCUT2D eigenvalue weighted by Crippen LogP contribution is 2.12. The van der Waals surface area contributed by atoms with Crippen LogP contribution in [0, 0.1) is 0 Å². The van der Waals surface area contributed by atoms with E-state index < -0.39 is 18.1 Å². The number of rotatable bonds is 9. The van der Waals surface area contributed by atoms with Crippen LogP contribution in [0.15, 0.2) is 54.6 Å². The number of anilines is 1. The third-order valence-electron chi connectivity index (χ3n) is 4.03. The molecule has 0 spiro atoms. The molecule has 7 heteroatoms. The van der Waals surface area contributed by atoms with E-state index in [1.807, 2.05) is 30.3 Å². The van der Waals surface area contributed by atoms with Gasteiger partial charge in [-0.25, -0.2) is 9.59 Å². The first-order valence-electron chi connectivity index (χ1n) is 9.41. The molecule has 0 aliphatic rings. The lowest BCUT2D eigenvalue weighted by atomic mass is 10.0. The predicted octanol–water partition coefficient (Wildman–Crippen LogP) is 3.48. The van der Waals surface area contributed by atoms with E-state index in [0.29, 0.717) is 11.3 Å². The van der Waals surface area contributed by atoms with Crippen LogP contribution in [0.4, 0.5) is 10.5 Å². The van der Waals surface area contributed by atoms with Crippen LogP contribution >= 0.6 is 0 Å². The molecule has 1 atom stereocenters. The minimum Gasteiger partial charge on any atom is -0.461 e. The number of amides is 1. The molecule has 1 amide bonds. The summed E-state index contributed by atoms with van der Waals surface area (Å²) in [7, 11) is 0. The van der Waals surface area contributed by atoms with Gasteiger partial charge in [-0.2, -0.15) is 0 Å². The van der Waals surface area contributed by atoms with Crippen molar-refractivity contribution in [1.82, 2.24) is 5.32 Å². The summed E-state index contributed by atoms with van der Waals surface area (Å²) in [6, 6.07) is 14.7. The summed E-state index contributed by atoms with van der Waals surface area (Å²) in [5.74, 6) is -0.770. The van der Waals surface area contributed by atoms with E-state index in [1.165, 1.54) is 0 Å². The minimum atomic E-state index is -0.988. The van der Waals surface area contributed by atoms with Crippen LogP contribution in [0.25, 0.3) is 0 Å². The molecule has 7 nitrogen and oxygen atoms in total. The number of alkyl carbamates (subject to hydrolysis) is 1. The number of hydrogen-bond acceptors (Lipinski definition) is 6. The van der Waals surface area contributed by atoms with E-state index in [0.717, 1.165) is 5.56 Å². The number of carbonyl (C=O) groups is 3. The Hall–Kier alpha value is -3.35. The van der Waals surface area contributed by atoms with E-state index in [-0.39, 0.29) is 31.3 Å². The van der Waals surface area contributed by atoms with Crippen molar-refractivity contribution < 1.29 is 23.9 Å². The van der Waals surface area contributed by atoms with Crippen molar-refractivity contribution in [2.75, 3.05) is 5.73 Å². The van der Waals surface area contributed by atoms with Gasteiger partial charge in [0.1, 0.15) is 12.6 Å². The number of esters is 1. The van der Waals surface area contributed by atoms with Gasteiger partial charge in [0.2, 0.25) is 0 Å². The minimum absolute atomic E-state index is 0.0563. The molecule has 0 aliphatic carbocycles. The van der Waals surface area contributed by atoms with E-state index >= 15 is 0 Å². The highest BCUT2D eigenvalue weighted by atomic mass is 16.6. The van der Waals surface area contributed by atoms with Crippen LogP contribution in [0.2, 0.25) is 0 Å². The molecule has 0 saturated carbocycles. The lowest BCUT2D eigenvalue weighted by Crippen LogP contribution is -2.43. The van der Waals surface area contributed by atoms with Gasteiger partial charge < -0.3 is 20.5 Å². The number of hydrogen-bond donors (Lipinski definition) is 2. The summed E-state index contributed by atoms with van der Waals surface area (Å²) < 4.78 is 10.4. The van der Waals surface area contributed by atoms with Crippen LogP contribution in [-0.2, 0) is 20.9 Å². The second kappa shape index (κ2) is 10.8. The lowest BCUT2D eigenvalue weighted by molar-refractivity contribution is -0.150. The van der Waals surface area contributed by atoms with Crippen molar-refractivity contribution in [3.05, 3.63) is 65.7 Å². The Labute approximate surface area is 170 Å². The number of ketones is 1. The lowest BCUT2D eigenvalue weighted by Gasteiger charge is -2.19. The molecule has 0 heterocycles. The quantitative estimate of drug-likeness (QED) is 0.380. The molecule has 0 aliphatic heterocycles. The van der Waals surface area contributed by atoms with Gasteiger partial charge in [-0.15, -0.1) is 0 Å². The maximum Gasteiger partial charge on any atom is 0.408 e. The average Bonchev–Trinajstić information content (AvgIpc) is 2.70. The van der Waals surface area contributed by atoms with Crippen LogP contribution in [0.1, 0.15) is 42.6 Å². The number of benzene rings is 2. The van der Waals surface area contributed by atoms with Gasteiger partial charge in [0.05, 0.1) is 6.10 Å². The fourth-order valence-electron chi connectivity index (χ4n) is 2.56. The Balaban J connectivity index is 1.94. The Kier molecular flexibility index (Phi) is 8.21. The Morgan fingerprint density at radius 3 is 2.28 bits per heavy atom. The zero-order valence-electron chi connectivity index (χ0n) is 16.6. The van der Waals surface area contributed by atoms with Gasteiger partial charge in [-0.05, 0) is 50.1 Å². The molecular formula is C22H26N2O5. The smallest absolute Gasteiger partial charge is 0.408 e. The zero-order valence-corrected chi connectivity index (χ0v) is 16.6. The molecule has 2 aromatic carbocycles. The van der Waals surface area contributed by atoms with Crippen molar-refractivity contribution in [1.29, 1.82) is 0 Å². The first-order valence-corrected chi connectivity index (χ1v) is 9.41. The number of nitrogens with one attached hydrogen (secondary N) is 1. The van der Waals surface area contributed by atoms with Crippen molar-refractivity contribution in [2.45, 2.75) is 45.4 Å². The molecule has 2 aromatic rings. The largest absolute Gasteiger partial charge is 0.461 e. The predicted molar refractivity (Wildman–Crippen MR) is 109 cm³/mol. The molecule has 29 heavy (non-hydrogen) atoms. The number of Topliss-reactive ketones (excluding diaryl/α,β-unsaturated/α-hetero) is 1. The third kappa shape index (κ3) is 7.65. The van der Waals surface area contributed by atoms with Gasteiger partial charge >= 0.3 is 12.1 Å². The summed E-state index contributed by atoms with van der Waals surface area (Å²) in [5.41, 5.74) is 7.49. The van der Waals surface area contributed by atoms with Crippen LogP contribution in [0.3, 0.4) is 0 Å². The SMILES string of the molecule is CC(C)OC(=O)C(CCC(=O)c1ccc(N)cc1)NC(=O)OCc1ccccc1. The molecular weight excluding hydrogens is 372 g/mol. The first kappa shape index (κ1) is 21.9. The van der Waals surface area contributed by atoms with Gasteiger partial charge in [-0.1, -0.05) is 30.3 Å². The normalized spacial score (nSPS) is 11.6. The third-order valence-corrected chi connectivity index (χ3v) is 4.03. The Bertz CT molecular complexity index is 819. The van der Waals surface area contributed by atoms with Crippen LogP contribution < -0.4 is 11.1 Å². The van der Waals surface area contributed by atoms with Crippen molar-refractivity contribution in [3.8, 4) is 0 Å². The summed E-state index contributed by atoms with van der Waals surface area (Å²) in [6.07, 6.45) is -0.949. The average molecular weight is 398 g/mol. The van der Waals surface area contributed by atoms with Gasteiger partial charge in [0, 0.05) is 17.7 Å². The highest BCUT2D eigenvalue weighted by molar-refractivity contribution is 5.96.